The molecule has 0 radical (unpaired) electrons. The summed E-state index contributed by atoms with van der Waals surface area (Å²) in [6, 6.07) is 15.3. The van der Waals surface area contributed by atoms with Crippen LogP contribution >= 0.6 is 27.8 Å². The number of benzene rings is 2. The Hall–Kier alpha value is -2.33. The molecule has 182 valence electrons. The number of piperazine rings is 1. The Morgan fingerprint density at radius 2 is 1.82 bits per heavy atom. The van der Waals surface area contributed by atoms with Crippen molar-refractivity contribution in [2.24, 2.45) is 0 Å². The Balaban J connectivity index is 1.30. The Bertz CT molecular complexity index is 1030. The van der Waals surface area contributed by atoms with E-state index in [4.69, 9.17) is 16.2 Å². The summed E-state index contributed by atoms with van der Waals surface area (Å²) >= 11 is 8.88. The van der Waals surface area contributed by atoms with Gasteiger partial charge in [-0.05, 0) is 36.4 Å². The Morgan fingerprint density at radius 1 is 1.15 bits per heavy atom. The number of rotatable bonds is 8. The van der Waals surface area contributed by atoms with E-state index in [1.54, 1.807) is 11.0 Å². The second-order valence-corrected chi connectivity index (χ2v) is 10.1. The molecule has 2 aromatic rings. The number of carbonyl (C=O) groups excluding carboxylic acids is 2. The zero-order chi connectivity index (χ0) is 24.3. The number of aliphatic hydroxyl groups excluding tert-OH is 1. The van der Waals surface area contributed by atoms with E-state index in [0.717, 1.165) is 28.8 Å². The van der Waals surface area contributed by atoms with Gasteiger partial charge in [-0.25, -0.2) is 0 Å². The largest absolute Gasteiger partial charge is 0.386 e. The molecule has 8 nitrogen and oxygen atoms in total. The summed E-state index contributed by atoms with van der Waals surface area (Å²) in [5.41, 5.74) is 1.95. The van der Waals surface area contributed by atoms with E-state index in [2.05, 4.69) is 33.2 Å². The van der Waals surface area contributed by atoms with Crippen molar-refractivity contribution in [1.82, 2.24) is 10.2 Å². The lowest BCUT2D eigenvalue weighted by Gasteiger charge is -2.37. The van der Waals surface area contributed by atoms with Gasteiger partial charge in [0, 0.05) is 48.0 Å². The molecule has 2 aliphatic heterocycles. The van der Waals surface area contributed by atoms with Crippen molar-refractivity contribution in [3.05, 3.63) is 58.6 Å². The first kappa shape index (κ1) is 24.8. The molecule has 0 aliphatic carbocycles. The van der Waals surface area contributed by atoms with Gasteiger partial charge in [-0.15, -0.1) is 0 Å². The minimum Gasteiger partial charge on any atom is -0.386 e. The second kappa shape index (κ2) is 10.5. The summed E-state index contributed by atoms with van der Waals surface area (Å²) in [5, 5.41) is 13.6. The Morgan fingerprint density at radius 3 is 2.44 bits per heavy atom. The van der Waals surface area contributed by atoms with Crippen LogP contribution in [0.25, 0.3) is 0 Å². The van der Waals surface area contributed by atoms with E-state index in [0.29, 0.717) is 36.4 Å². The van der Waals surface area contributed by atoms with Gasteiger partial charge in [0.2, 0.25) is 5.91 Å². The van der Waals surface area contributed by atoms with Crippen LogP contribution in [0.15, 0.2) is 53.0 Å². The molecule has 2 saturated heterocycles. The summed E-state index contributed by atoms with van der Waals surface area (Å²) in [6.07, 6.45) is -1.84. The molecule has 34 heavy (non-hydrogen) atoms. The molecule has 2 fully saturated rings. The number of amides is 2. The molecule has 2 atom stereocenters. The quantitative estimate of drug-likeness (QED) is 0.389. The van der Waals surface area contributed by atoms with Crippen LogP contribution in [0.4, 0.5) is 5.69 Å². The van der Waals surface area contributed by atoms with Crippen LogP contribution in [0.1, 0.15) is 18.2 Å². The van der Waals surface area contributed by atoms with Crippen LogP contribution in [-0.2, 0) is 9.59 Å². The van der Waals surface area contributed by atoms with Crippen LogP contribution < -0.4 is 14.5 Å². The van der Waals surface area contributed by atoms with Crippen LogP contribution in [0.5, 0.6) is 5.75 Å². The first-order valence-corrected chi connectivity index (χ1v) is 12.4. The summed E-state index contributed by atoms with van der Waals surface area (Å²) < 4.78 is 6.44. The third-order valence-corrected chi connectivity index (χ3v) is 7.27. The minimum atomic E-state index is -1.37. The van der Waals surface area contributed by atoms with Gasteiger partial charge >= 0.3 is 0 Å². The second-order valence-electron chi connectivity index (χ2n) is 9.05. The first-order chi connectivity index (χ1) is 16.3. The number of likely N-dealkylation sites (N-methyl/N-ethyl adjacent to an activating group) is 1. The molecule has 2 heterocycles. The highest BCUT2D eigenvalue weighted by Gasteiger charge is 2.46. The van der Waals surface area contributed by atoms with Gasteiger partial charge in [0.25, 0.3) is 5.91 Å². The number of halogens is 2. The maximum absolute atomic E-state index is 12.8. The highest BCUT2D eigenvalue weighted by molar-refractivity contribution is 9.10. The van der Waals surface area contributed by atoms with E-state index in [-0.39, 0.29) is 18.5 Å². The lowest BCUT2D eigenvalue weighted by molar-refractivity contribution is -0.815. The summed E-state index contributed by atoms with van der Waals surface area (Å²) in [4.78, 5) is 29.3. The molecule has 2 N–H and O–H groups in total. The number of quaternary nitrogens is 1. The maximum Gasteiger partial charge on any atom is 0.252 e. The van der Waals surface area contributed by atoms with Crippen LogP contribution in [0, 0.1) is 0 Å². The lowest BCUT2D eigenvalue weighted by Crippen LogP contribution is -2.52. The molecule has 0 unspecified atom stereocenters. The fourth-order valence-electron chi connectivity index (χ4n) is 4.26. The minimum absolute atomic E-state index is 0.209. The molecule has 2 aliphatic rings. The van der Waals surface area contributed by atoms with E-state index in [1.807, 2.05) is 42.5 Å². The Kier molecular flexibility index (Phi) is 7.67. The van der Waals surface area contributed by atoms with Crippen LogP contribution in [0.2, 0.25) is 0 Å². The van der Waals surface area contributed by atoms with E-state index < -0.39 is 12.0 Å². The van der Waals surface area contributed by atoms with Crippen molar-refractivity contribution in [2.75, 3.05) is 51.2 Å². The average Bonchev–Trinajstić information content (AvgIpc) is 3.61. The van der Waals surface area contributed by atoms with Gasteiger partial charge in [0.05, 0.1) is 13.5 Å². The van der Waals surface area contributed by atoms with E-state index >= 15 is 0 Å². The zero-order valence-electron chi connectivity index (χ0n) is 19.0. The monoisotopic (exact) mass is 551 g/mol. The van der Waals surface area contributed by atoms with Crippen molar-refractivity contribution in [1.29, 1.82) is 0 Å². The first-order valence-electron chi connectivity index (χ1n) is 11.3. The topological polar surface area (TPSA) is 82.1 Å². The molecule has 0 aromatic heterocycles. The molecule has 0 spiro atoms. The SMILES string of the molecule is C[N+]1([C@H](NC(=O)C[C@@H](O)C(=O)N2CCN(c3cccc(OCl)c3)CC2)c2ccc(Br)cc2)CC1. The fraction of sp³-hybridized carbons (Fsp3) is 0.417. The van der Waals surface area contributed by atoms with Crippen molar-refractivity contribution < 1.29 is 23.5 Å². The summed E-state index contributed by atoms with van der Waals surface area (Å²) in [5.74, 6) is -0.198. The van der Waals surface area contributed by atoms with Crippen LogP contribution in [0.3, 0.4) is 0 Å². The van der Waals surface area contributed by atoms with Crippen molar-refractivity contribution in [3.63, 3.8) is 0 Å². The number of hydrogen-bond acceptors (Lipinski definition) is 5. The van der Waals surface area contributed by atoms with E-state index in [9.17, 15) is 14.7 Å². The number of aliphatic hydroxyl groups is 1. The van der Waals surface area contributed by atoms with Gasteiger partial charge < -0.3 is 24.5 Å². The molecular weight excluding hydrogens is 524 g/mol. The number of nitrogens with zero attached hydrogens (tertiary/aromatic N) is 3. The number of hydrogen-bond donors (Lipinski definition) is 2. The van der Waals surface area contributed by atoms with Crippen molar-refractivity contribution in [2.45, 2.75) is 18.7 Å². The van der Waals surface area contributed by atoms with Gasteiger partial charge in [0.15, 0.2) is 6.17 Å². The molecule has 0 bridgehead atoms. The molecule has 2 amide bonds. The molecule has 2 aromatic carbocycles. The zero-order valence-corrected chi connectivity index (χ0v) is 21.3. The molecule has 4 rings (SSSR count). The van der Waals surface area contributed by atoms with Crippen LogP contribution in [-0.4, -0.2) is 78.7 Å². The number of carbonyl (C=O) groups is 2. The van der Waals surface area contributed by atoms with Gasteiger partial charge in [-0.3, -0.25) is 14.1 Å². The number of anilines is 1. The fourth-order valence-corrected chi connectivity index (χ4v) is 4.62. The van der Waals surface area contributed by atoms with Gasteiger partial charge in [-0.2, -0.15) is 0 Å². The average molecular weight is 553 g/mol. The lowest BCUT2D eigenvalue weighted by atomic mass is 10.1. The predicted octanol–water partition coefficient (Wildman–Crippen LogP) is 2.66. The summed E-state index contributed by atoms with van der Waals surface area (Å²) in [7, 11) is 2.09. The highest BCUT2D eigenvalue weighted by atomic mass is 79.9. The standard InChI is InChI=1S/C24H28BrClN4O4/c1-30(13-14-30)23(17-5-7-18(25)8-6-17)27-22(32)16-21(31)24(33)29-11-9-28(10-12-29)19-3-2-4-20(15-19)34-26/h2-8,15,21,23,31H,9-14,16H2,1H3/p+1/t21-,23+/m1/s1. The Labute approximate surface area is 212 Å². The predicted molar refractivity (Wildman–Crippen MR) is 133 cm³/mol. The summed E-state index contributed by atoms with van der Waals surface area (Å²) in [6.45, 7) is 4.06. The maximum atomic E-state index is 12.8. The van der Waals surface area contributed by atoms with Crippen molar-refractivity contribution >= 4 is 45.3 Å². The smallest absolute Gasteiger partial charge is 0.252 e. The molecule has 0 saturated carbocycles. The van der Waals surface area contributed by atoms with Gasteiger partial charge in [-0.1, -0.05) is 22.0 Å². The normalized spacial score (nSPS) is 18.7. The number of nitrogens with one attached hydrogen (secondary N) is 1. The molecule has 10 heteroatoms. The third kappa shape index (κ3) is 5.83. The van der Waals surface area contributed by atoms with Crippen molar-refractivity contribution in [3.8, 4) is 5.75 Å². The van der Waals surface area contributed by atoms with E-state index in [1.165, 1.54) is 0 Å². The molecular formula is C24H29BrClN4O4+. The van der Waals surface area contributed by atoms with Gasteiger partial charge in [0.1, 0.15) is 36.8 Å². The highest BCUT2D eigenvalue weighted by Crippen LogP contribution is 2.33. The third-order valence-electron chi connectivity index (χ3n) is 6.56.